The minimum atomic E-state index is -0.233. The number of piperidine rings is 1. The van der Waals surface area contributed by atoms with Gasteiger partial charge in [-0.05, 0) is 49.9 Å². The molecule has 1 atom stereocenters. The second-order valence-corrected chi connectivity index (χ2v) is 8.30. The number of aromatic nitrogens is 3. The van der Waals surface area contributed by atoms with Gasteiger partial charge in [0.2, 0.25) is 17.6 Å². The maximum Gasteiger partial charge on any atom is 0.319 e. The number of amides is 3. The van der Waals surface area contributed by atoms with E-state index in [-0.39, 0.29) is 17.9 Å². The molecule has 1 aliphatic heterocycles. The molecule has 2 aromatic heterocycles. The van der Waals surface area contributed by atoms with Gasteiger partial charge in [-0.2, -0.15) is 4.98 Å². The summed E-state index contributed by atoms with van der Waals surface area (Å²) < 4.78 is 5.28. The van der Waals surface area contributed by atoms with Crippen molar-refractivity contribution in [2.75, 3.05) is 25.0 Å². The van der Waals surface area contributed by atoms with E-state index in [1.54, 1.807) is 12.4 Å². The average molecular weight is 449 g/mol. The van der Waals surface area contributed by atoms with Crippen LogP contribution in [-0.4, -0.2) is 51.6 Å². The number of anilines is 1. The van der Waals surface area contributed by atoms with E-state index in [2.05, 4.69) is 25.8 Å². The van der Waals surface area contributed by atoms with Gasteiger partial charge in [-0.25, -0.2) is 4.79 Å². The van der Waals surface area contributed by atoms with Crippen molar-refractivity contribution in [1.29, 1.82) is 0 Å². The Morgan fingerprint density at radius 2 is 2.06 bits per heavy atom. The summed E-state index contributed by atoms with van der Waals surface area (Å²) in [5.74, 6) is 1.20. The quantitative estimate of drug-likeness (QED) is 0.572. The molecule has 9 nitrogen and oxygen atoms in total. The van der Waals surface area contributed by atoms with Crippen molar-refractivity contribution >= 4 is 17.6 Å². The van der Waals surface area contributed by atoms with Crippen LogP contribution in [0.5, 0.6) is 0 Å². The third-order valence-corrected chi connectivity index (χ3v) is 5.67. The standard InChI is InChI=1S/C24H28N6O3/c1-17-6-8-20(9-7-17)27-24(32)26-14-18-4-3-13-30(16-18)22(31)11-10-21-28-23(29-33-21)19-5-2-12-25-15-19/h2,5-9,12,15,18H,3-4,10-11,13-14,16H2,1H3,(H2,26,27,32). The van der Waals surface area contributed by atoms with Gasteiger partial charge < -0.3 is 20.1 Å². The van der Waals surface area contributed by atoms with E-state index in [4.69, 9.17) is 4.52 Å². The SMILES string of the molecule is Cc1ccc(NC(=O)NCC2CCCN(C(=O)CCc3nc(-c4cccnc4)no3)C2)cc1. The third-order valence-electron chi connectivity index (χ3n) is 5.67. The number of carbonyl (C=O) groups is 2. The molecule has 0 radical (unpaired) electrons. The number of likely N-dealkylation sites (tertiary alicyclic amines) is 1. The monoisotopic (exact) mass is 448 g/mol. The van der Waals surface area contributed by atoms with Gasteiger partial charge in [-0.3, -0.25) is 9.78 Å². The molecular formula is C24H28N6O3. The smallest absolute Gasteiger partial charge is 0.319 e. The van der Waals surface area contributed by atoms with Crippen molar-refractivity contribution in [2.24, 2.45) is 5.92 Å². The Labute approximate surface area is 192 Å². The van der Waals surface area contributed by atoms with E-state index in [1.807, 2.05) is 48.2 Å². The van der Waals surface area contributed by atoms with E-state index < -0.39 is 0 Å². The van der Waals surface area contributed by atoms with E-state index in [0.29, 0.717) is 37.6 Å². The molecule has 0 bridgehead atoms. The fourth-order valence-corrected chi connectivity index (χ4v) is 3.85. The van der Waals surface area contributed by atoms with Gasteiger partial charge in [0, 0.05) is 56.1 Å². The lowest BCUT2D eigenvalue weighted by Crippen LogP contribution is -2.44. The van der Waals surface area contributed by atoms with Gasteiger partial charge in [0.05, 0.1) is 0 Å². The number of pyridine rings is 1. The second-order valence-electron chi connectivity index (χ2n) is 8.30. The minimum absolute atomic E-state index is 0.0601. The summed E-state index contributed by atoms with van der Waals surface area (Å²) in [6.07, 6.45) is 5.95. The molecular weight excluding hydrogens is 420 g/mol. The topological polar surface area (TPSA) is 113 Å². The number of aryl methyl sites for hydroxylation is 2. The Morgan fingerprint density at radius 1 is 1.21 bits per heavy atom. The van der Waals surface area contributed by atoms with Crippen LogP contribution in [0, 0.1) is 12.8 Å². The molecule has 1 fully saturated rings. The molecule has 1 aromatic carbocycles. The first-order chi connectivity index (χ1) is 16.1. The normalized spacial score (nSPS) is 15.8. The number of rotatable bonds is 7. The highest BCUT2D eigenvalue weighted by molar-refractivity contribution is 5.89. The molecule has 0 saturated carbocycles. The van der Waals surface area contributed by atoms with Crippen LogP contribution in [0.1, 0.15) is 30.7 Å². The lowest BCUT2D eigenvalue weighted by Gasteiger charge is -2.33. The molecule has 172 valence electrons. The summed E-state index contributed by atoms with van der Waals surface area (Å²) in [6, 6.07) is 11.1. The predicted octanol–water partition coefficient (Wildman–Crippen LogP) is 3.43. The van der Waals surface area contributed by atoms with Crippen LogP contribution < -0.4 is 10.6 Å². The molecule has 3 aromatic rings. The fourth-order valence-electron chi connectivity index (χ4n) is 3.85. The van der Waals surface area contributed by atoms with Crippen molar-refractivity contribution in [2.45, 2.75) is 32.6 Å². The Bertz CT molecular complexity index is 1070. The Balaban J connectivity index is 1.21. The molecule has 4 rings (SSSR count). The van der Waals surface area contributed by atoms with Crippen molar-refractivity contribution < 1.29 is 14.1 Å². The number of nitrogens with zero attached hydrogens (tertiary/aromatic N) is 4. The van der Waals surface area contributed by atoms with Crippen LogP contribution in [0.15, 0.2) is 53.3 Å². The lowest BCUT2D eigenvalue weighted by atomic mass is 9.97. The molecule has 1 unspecified atom stereocenters. The van der Waals surface area contributed by atoms with E-state index >= 15 is 0 Å². The molecule has 33 heavy (non-hydrogen) atoms. The van der Waals surface area contributed by atoms with Crippen molar-refractivity contribution in [3.8, 4) is 11.4 Å². The first-order valence-corrected chi connectivity index (χ1v) is 11.2. The van der Waals surface area contributed by atoms with Crippen LogP contribution in [-0.2, 0) is 11.2 Å². The zero-order valence-electron chi connectivity index (χ0n) is 18.7. The van der Waals surface area contributed by atoms with Gasteiger partial charge >= 0.3 is 6.03 Å². The summed E-state index contributed by atoms with van der Waals surface area (Å²) in [7, 11) is 0. The Morgan fingerprint density at radius 3 is 2.85 bits per heavy atom. The van der Waals surface area contributed by atoms with Gasteiger partial charge in [0.25, 0.3) is 0 Å². The number of hydrogen-bond acceptors (Lipinski definition) is 6. The maximum absolute atomic E-state index is 12.7. The summed E-state index contributed by atoms with van der Waals surface area (Å²) in [5, 5.41) is 9.73. The average Bonchev–Trinajstić information content (AvgIpc) is 3.33. The molecule has 9 heteroatoms. The number of urea groups is 1. The highest BCUT2D eigenvalue weighted by atomic mass is 16.5. The lowest BCUT2D eigenvalue weighted by molar-refractivity contribution is -0.133. The van der Waals surface area contributed by atoms with E-state index in [0.717, 1.165) is 36.2 Å². The summed E-state index contributed by atoms with van der Waals surface area (Å²) >= 11 is 0. The molecule has 0 aliphatic carbocycles. The zero-order chi connectivity index (χ0) is 23.0. The van der Waals surface area contributed by atoms with E-state index in [9.17, 15) is 9.59 Å². The second kappa shape index (κ2) is 10.7. The molecule has 1 aliphatic rings. The van der Waals surface area contributed by atoms with Crippen LogP contribution in [0.25, 0.3) is 11.4 Å². The van der Waals surface area contributed by atoms with Crippen LogP contribution in [0.2, 0.25) is 0 Å². The zero-order valence-corrected chi connectivity index (χ0v) is 18.7. The van der Waals surface area contributed by atoms with Crippen molar-refractivity contribution in [3.05, 3.63) is 60.2 Å². The molecule has 3 amide bonds. The molecule has 0 spiro atoms. The minimum Gasteiger partial charge on any atom is -0.342 e. The van der Waals surface area contributed by atoms with Crippen LogP contribution in [0.4, 0.5) is 10.5 Å². The maximum atomic E-state index is 12.7. The molecule has 2 N–H and O–H groups in total. The third kappa shape index (κ3) is 6.38. The van der Waals surface area contributed by atoms with Gasteiger partial charge in [0.15, 0.2) is 0 Å². The highest BCUT2D eigenvalue weighted by Crippen LogP contribution is 2.18. The first kappa shape index (κ1) is 22.4. The van der Waals surface area contributed by atoms with Crippen molar-refractivity contribution in [3.63, 3.8) is 0 Å². The predicted molar refractivity (Wildman–Crippen MR) is 123 cm³/mol. The highest BCUT2D eigenvalue weighted by Gasteiger charge is 2.24. The number of hydrogen-bond donors (Lipinski definition) is 2. The summed E-state index contributed by atoms with van der Waals surface area (Å²) in [5.41, 5.74) is 2.67. The van der Waals surface area contributed by atoms with E-state index in [1.165, 1.54) is 0 Å². The molecule has 3 heterocycles. The summed E-state index contributed by atoms with van der Waals surface area (Å²) in [4.78, 5) is 35.2. The van der Waals surface area contributed by atoms with Gasteiger partial charge in [-0.1, -0.05) is 22.9 Å². The van der Waals surface area contributed by atoms with Crippen LogP contribution >= 0.6 is 0 Å². The fraction of sp³-hybridized carbons (Fsp3) is 0.375. The van der Waals surface area contributed by atoms with Crippen LogP contribution in [0.3, 0.4) is 0 Å². The van der Waals surface area contributed by atoms with Gasteiger partial charge in [0.1, 0.15) is 0 Å². The number of nitrogens with one attached hydrogen (secondary N) is 2. The first-order valence-electron chi connectivity index (χ1n) is 11.2. The number of benzene rings is 1. The van der Waals surface area contributed by atoms with Crippen molar-refractivity contribution in [1.82, 2.24) is 25.3 Å². The van der Waals surface area contributed by atoms with Gasteiger partial charge in [-0.15, -0.1) is 0 Å². The number of carbonyl (C=O) groups excluding carboxylic acids is 2. The Kier molecular flexibility index (Phi) is 7.29. The largest absolute Gasteiger partial charge is 0.342 e. The molecule has 1 saturated heterocycles. The summed E-state index contributed by atoms with van der Waals surface area (Å²) in [6.45, 7) is 3.89. The Hall–Kier alpha value is -3.75.